The Morgan fingerprint density at radius 1 is 1.12 bits per heavy atom. The molecule has 1 aliphatic heterocycles. The molecule has 1 heterocycles. The lowest BCUT2D eigenvalue weighted by molar-refractivity contribution is 0.0969. The molecule has 0 N–H and O–H groups in total. The fourth-order valence-corrected chi connectivity index (χ4v) is 2.12. The van der Waals surface area contributed by atoms with Gasteiger partial charge in [-0.2, -0.15) is 0 Å². The molecule has 1 atom stereocenters. The van der Waals surface area contributed by atoms with Gasteiger partial charge in [-0.05, 0) is 6.92 Å². The number of benzene rings is 1. The SMILES string of the molecule is CC1=C([C@@H]2CO2)C(=O)c2ccccc2C1=O. The van der Waals surface area contributed by atoms with E-state index < -0.39 is 0 Å². The van der Waals surface area contributed by atoms with E-state index in [1.54, 1.807) is 31.2 Å². The molecular weight excluding hydrogens is 204 g/mol. The Labute approximate surface area is 92.7 Å². The number of carbonyl (C=O) groups excluding carboxylic acids is 2. The Morgan fingerprint density at radius 3 is 2.25 bits per heavy atom. The summed E-state index contributed by atoms with van der Waals surface area (Å²) in [6.45, 7) is 2.25. The molecule has 2 aliphatic rings. The third-order valence-corrected chi connectivity index (χ3v) is 3.06. The zero-order valence-electron chi connectivity index (χ0n) is 8.82. The van der Waals surface area contributed by atoms with Crippen molar-refractivity contribution in [2.75, 3.05) is 6.61 Å². The topological polar surface area (TPSA) is 46.7 Å². The molecule has 80 valence electrons. The van der Waals surface area contributed by atoms with E-state index in [9.17, 15) is 9.59 Å². The Morgan fingerprint density at radius 2 is 1.69 bits per heavy atom. The summed E-state index contributed by atoms with van der Waals surface area (Å²) in [5.41, 5.74) is 2.09. The van der Waals surface area contributed by atoms with E-state index in [2.05, 4.69) is 0 Å². The van der Waals surface area contributed by atoms with Crippen molar-refractivity contribution in [3.63, 3.8) is 0 Å². The summed E-state index contributed by atoms with van der Waals surface area (Å²) >= 11 is 0. The molecule has 3 heteroatoms. The third-order valence-electron chi connectivity index (χ3n) is 3.06. The van der Waals surface area contributed by atoms with Crippen LogP contribution in [0.5, 0.6) is 0 Å². The largest absolute Gasteiger partial charge is 0.368 e. The Kier molecular flexibility index (Phi) is 1.85. The van der Waals surface area contributed by atoms with Crippen LogP contribution in [0.1, 0.15) is 27.6 Å². The van der Waals surface area contributed by atoms with Crippen LogP contribution in [0.4, 0.5) is 0 Å². The highest BCUT2D eigenvalue weighted by atomic mass is 16.6. The Bertz CT molecular complexity index is 536. The molecule has 3 rings (SSSR count). The molecule has 0 saturated carbocycles. The van der Waals surface area contributed by atoms with Gasteiger partial charge in [0.05, 0.1) is 6.61 Å². The van der Waals surface area contributed by atoms with Crippen molar-refractivity contribution in [3.05, 3.63) is 46.5 Å². The summed E-state index contributed by atoms with van der Waals surface area (Å²) < 4.78 is 5.12. The molecular formula is C13H10O3. The molecule has 0 aromatic heterocycles. The van der Waals surface area contributed by atoms with E-state index in [1.165, 1.54) is 0 Å². The molecule has 0 radical (unpaired) electrons. The highest BCUT2D eigenvalue weighted by Gasteiger charge is 2.39. The van der Waals surface area contributed by atoms with Crippen molar-refractivity contribution in [3.8, 4) is 0 Å². The fraction of sp³-hybridized carbons (Fsp3) is 0.231. The summed E-state index contributed by atoms with van der Waals surface area (Å²) in [7, 11) is 0. The number of carbonyl (C=O) groups is 2. The molecule has 0 amide bonds. The van der Waals surface area contributed by atoms with Crippen LogP contribution in [-0.2, 0) is 4.74 Å². The number of Topliss-reactive ketones (excluding diaryl/α,β-unsaturated/α-hetero) is 2. The number of fused-ring (bicyclic) bond motifs is 1. The lowest BCUT2D eigenvalue weighted by Crippen LogP contribution is -2.23. The van der Waals surface area contributed by atoms with Gasteiger partial charge in [-0.3, -0.25) is 9.59 Å². The van der Waals surface area contributed by atoms with Gasteiger partial charge in [0.2, 0.25) is 0 Å². The summed E-state index contributed by atoms with van der Waals surface area (Å²) in [6, 6.07) is 6.94. The van der Waals surface area contributed by atoms with E-state index in [-0.39, 0.29) is 17.7 Å². The quantitative estimate of drug-likeness (QED) is 0.669. The maximum atomic E-state index is 12.2. The molecule has 1 aromatic carbocycles. The second kappa shape index (κ2) is 3.12. The first-order chi connectivity index (χ1) is 7.70. The summed E-state index contributed by atoms with van der Waals surface area (Å²) in [6.07, 6.45) is -0.162. The van der Waals surface area contributed by atoms with Crippen LogP contribution < -0.4 is 0 Å². The van der Waals surface area contributed by atoms with Gasteiger partial charge in [0.1, 0.15) is 6.10 Å². The molecule has 1 saturated heterocycles. The van der Waals surface area contributed by atoms with Crippen LogP contribution >= 0.6 is 0 Å². The molecule has 1 aromatic rings. The van der Waals surface area contributed by atoms with Crippen molar-refractivity contribution in [1.29, 1.82) is 0 Å². The zero-order valence-corrected chi connectivity index (χ0v) is 8.82. The van der Waals surface area contributed by atoms with E-state index in [0.717, 1.165) is 0 Å². The second-order valence-corrected chi connectivity index (χ2v) is 4.06. The molecule has 0 unspecified atom stereocenters. The van der Waals surface area contributed by atoms with E-state index in [0.29, 0.717) is 28.9 Å². The van der Waals surface area contributed by atoms with Crippen LogP contribution in [0.3, 0.4) is 0 Å². The molecule has 3 nitrogen and oxygen atoms in total. The third kappa shape index (κ3) is 1.18. The van der Waals surface area contributed by atoms with Gasteiger partial charge in [-0.25, -0.2) is 0 Å². The number of hydrogen-bond donors (Lipinski definition) is 0. The van der Waals surface area contributed by atoms with Crippen molar-refractivity contribution < 1.29 is 14.3 Å². The number of epoxide rings is 1. The number of rotatable bonds is 1. The lowest BCUT2D eigenvalue weighted by Gasteiger charge is -2.17. The van der Waals surface area contributed by atoms with Crippen LogP contribution in [0.25, 0.3) is 0 Å². The molecule has 1 aliphatic carbocycles. The number of hydrogen-bond acceptors (Lipinski definition) is 3. The lowest BCUT2D eigenvalue weighted by atomic mass is 9.83. The average molecular weight is 214 g/mol. The van der Waals surface area contributed by atoms with Crippen molar-refractivity contribution >= 4 is 11.6 Å². The Balaban J connectivity index is 2.21. The molecule has 1 fully saturated rings. The minimum atomic E-state index is -0.162. The Hall–Kier alpha value is -1.74. The van der Waals surface area contributed by atoms with E-state index in [1.807, 2.05) is 0 Å². The predicted octanol–water partition coefficient (Wildman–Crippen LogP) is 1.78. The summed E-state index contributed by atoms with van der Waals surface area (Å²) in [4.78, 5) is 24.2. The zero-order chi connectivity index (χ0) is 11.3. The maximum absolute atomic E-state index is 12.2. The van der Waals surface area contributed by atoms with Gasteiger partial charge >= 0.3 is 0 Å². The average Bonchev–Trinajstić information content (AvgIpc) is 3.11. The van der Waals surface area contributed by atoms with Crippen LogP contribution in [0.2, 0.25) is 0 Å². The van der Waals surface area contributed by atoms with Gasteiger partial charge in [-0.15, -0.1) is 0 Å². The number of allylic oxidation sites excluding steroid dienone is 1. The summed E-state index contributed by atoms with van der Waals surface area (Å²) in [5.74, 6) is -0.115. The van der Waals surface area contributed by atoms with E-state index in [4.69, 9.17) is 4.74 Å². The van der Waals surface area contributed by atoms with Gasteiger partial charge in [0.25, 0.3) is 0 Å². The van der Waals surface area contributed by atoms with Gasteiger partial charge in [0.15, 0.2) is 11.6 Å². The van der Waals surface area contributed by atoms with Crippen molar-refractivity contribution in [2.45, 2.75) is 13.0 Å². The molecule has 16 heavy (non-hydrogen) atoms. The first kappa shape index (κ1) is 9.48. The maximum Gasteiger partial charge on any atom is 0.192 e. The van der Waals surface area contributed by atoms with Gasteiger partial charge < -0.3 is 4.74 Å². The fourth-order valence-electron chi connectivity index (χ4n) is 2.12. The van der Waals surface area contributed by atoms with Crippen LogP contribution in [0, 0.1) is 0 Å². The second-order valence-electron chi connectivity index (χ2n) is 4.06. The standard InChI is InChI=1S/C13H10O3/c1-7-11(10-6-16-10)13(15)9-5-3-2-4-8(9)12(7)14/h2-5,10H,6H2,1H3/t10-/m0/s1. The normalized spacial score (nSPS) is 23.4. The minimum Gasteiger partial charge on any atom is -0.368 e. The molecule has 0 spiro atoms. The van der Waals surface area contributed by atoms with Crippen molar-refractivity contribution in [1.82, 2.24) is 0 Å². The smallest absolute Gasteiger partial charge is 0.192 e. The minimum absolute atomic E-state index is 0.0549. The van der Waals surface area contributed by atoms with E-state index >= 15 is 0 Å². The highest BCUT2D eigenvalue weighted by Crippen LogP contribution is 2.32. The first-order valence-corrected chi connectivity index (χ1v) is 5.21. The highest BCUT2D eigenvalue weighted by molar-refractivity contribution is 6.27. The molecule has 0 bridgehead atoms. The van der Waals surface area contributed by atoms with Gasteiger partial charge in [0, 0.05) is 22.3 Å². The number of ketones is 2. The first-order valence-electron chi connectivity index (χ1n) is 5.21. The number of ether oxygens (including phenoxy) is 1. The predicted molar refractivity (Wildman–Crippen MR) is 57.5 cm³/mol. The van der Waals surface area contributed by atoms with Crippen LogP contribution in [0.15, 0.2) is 35.4 Å². The monoisotopic (exact) mass is 214 g/mol. The summed E-state index contributed by atoms with van der Waals surface area (Å²) in [5, 5.41) is 0. The van der Waals surface area contributed by atoms with Crippen molar-refractivity contribution in [2.24, 2.45) is 0 Å². The van der Waals surface area contributed by atoms with Crippen LogP contribution in [-0.4, -0.2) is 24.3 Å². The van der Waals surface area contributed by atoms with Gasteiger partial charge in [-0.1, -0.05) is 24.3 Å².